The van der Waals surface area contributed by atoms with Gasteiger partial charge in [0.25, 0.3) is 11.8 Å². The third-order valence-electron chi connectivity index (χ3n) is 5.11. The van der Waals surface area contributed by atoms with E-state index in [1.54, 1.807) is 30.3 Å². The standard InChI is InChI=1S/C23H21FN2O3/c1-14-11-16-5-3-9-26(21(16)18(24)12-14)23(28)17-8-7-15(2)19(13-17)25-22(27)20-6-4-10-29-20/h4,6-8,10-13H,3,5,9H2,1-2H3,(H,25,27). The van der Waals surface area contributed by atoms with Crippen LogP contribution < -0.4 is 10.2 Å². The number of nitrogens with one attached hydrogen (secondary N) is 1. The average Bonchev–Trinajstić information content (AvgIpc) is 3.23. The first-order chi connectivity index (χ1) is 13.9. The van der Waals surface area contributed by atoms with Crippen molar-refractivity contribution in [2.75, 3.05) is 16.8 Å². The van der Waals surface area contributed by atoms with Gasteiger partial charge >= 0.3 is 0 Å². The van der Waals surface area contributed by atoms with Crippen LogP contribution in [0.1, 0.15) is 44.0 Å². The highest BCUT2D eigenvalue weighted by molar-refractivity contribution is 6.08. The van der Waals surface area contributed by atoms with Crippen LogP contribution in [0.2, 0.25) is 0 Å². The normalized spacial score (nSPS) is 13.1. The fraction of sp³-hybridized carbons (Fsp3) is 0.217. The fourth-order valence-corrected chi connectivity index (χ4v) is 3.68. The number of benzene rings is 2. The summed E-state index contributed by atoms with van der Waals surface area (Å²) in [5, 5.41) is 2.77. The molecule has 1 aliphatic rings. The number of hydrogen-bond acceptors (Lipinski definition) is 3. The van der Waals surface area contributed by atoms with Crippen LogP contribution >= 0.6 is 0 Å². The first-order valence-corrected chi connectivity index (χ1v) is 9.50. The lowest BCUT2D eigenvalue weighted by Crippen LogP contribution is -2.36. The van der Waals surface area contributed by atoms with Gasteiger partial charge in [-0.2, -0.15) is 0 Å². The zero-order valence-corrected chi connectivity index (χ0v) is 16.3. The van der Waals surface area contributed by atoms with Gasteiger partial charge < -0.3 is 14.6 Å². The average molecular weight is 392 g/mol. The molecule has 0 radical (unpaired) electrons. The fourth-order valence-electron chi connectivity index (χ4n) is 3.68. The van der Waals surface area contributed by atoms with Crippen molar-refractivity contribution in [3.63, 3.8) is 0 Å². The zero-order chi connectivity index (χ0) is 20.5. The SMILES string of the molecule is Cc1cc(F)c2c(c1)CCCN2C(=O)c1ccc(C)c(NC(=O)c2ccco2)c1. The summed E-state index contributed by atoms with van der Waals surface area (Å²) in [7, 11) is 0. The Balaban J connectivity index is 1.65. The van der Waals surface area contributed by atoms with E-state index in [1.165, 1.54) is 17.2 Å². The minimum absolute atomic E-state index is 0.184. The molecule has 0 saturated heterocycles. The molecule has 0 bridgehead atoms. The van der Waals surface area contributed by atoms with Crippen LogP contribution in [0.4, 0.5) is 15.8 Å². The van der Waals surface area contributed by atoms with Gasteiger partial charge in [0.05, 0.1) is 12.0 Å². The molecule has 0 atom stereocenters. The van der Waals surface area contributed by atoms with Crippen molar-refractivity contribution in [3.8, 4) is 0 Å². The Hall–Kier alpha value is -3.41. The molecule has 4 rings (SSSR count). The van der Waals surface area contributed by atoms with Gasteiger partial charge in [0.2, 0.25) is 0 Å². The van der Waals surface area contributed by atoms with Crippen molar-refractivity contribution >= 4 is 23.2 Å². The molecular formula is C23H21FN2O3. The van der Waals surface area contributed by atoms with Crippen LogP contribution in [-0.4, -0.2) is 18.4 Å². The summed E-state index contributed by atoms with van der Waals surface area (Å²) in [4.78, 5) is 27.0. The Morgan fingerprint density at radius 1 is 1.14 bits per heavy atom. The summed E-state index contributed by atoms with van der Waals surface area (Å²) in [6, 6.07) is 11.7. The molecule has 1 N–H and O–H groups in total. The van der Waals surface area contributed by atoms with Crippen molar-refractivity contribution in [2.45, 2.75) is 26.7 Å². The summed E-state index contributed by atoms with van der Waals surface area (Å²) >= 11 is 0. The van der Waals surface area contributed by atoms with E-state index in [2.05, 4.69) is 5.32 Å². The van der Waals surface area contributed by atoms with Crippen molar-refractivity contribution in [1.29, 1.82) is 0 Å². The van der Waals surface area contributed by atoms with Crippen LogP contribution in [0.3, 0.4) is 0 Å². The molecule has 2 amide bonds. The second kappa shape index (κ2) is 7.54. The number of carbonyl (C=O) groups is 2. The highest BCUT2D eigenvalue weighted by Crippen LogP contribution is 2.32. The van der Waals surface area contributed by atoms with Crippen molar-refractivity contribution < 1.29 is 18.4 Å². The summed E-state index contributed by atoms with van der Waals surface area (Å²) in [5.41, 5.74) is 3.75. The summed E-state index contributed by atoms with van der Waals surface area (Å²) in [5.74, 6) is -0.884. The van der Waals surface area contributed by atoms with Crippen LogP contribution in [-0.2, 0) is 6.42 Å². The molecule has 1 aliphatic heterocycles. The van der Waals surface area contributed by atoms with Gasteiger partial charge in [-0.1, -0.05) is 12.1 Å². The Morgan fingerprint density at radius 3 is 2.72 bits per heavy atom. The van der Waals surface area contributed by atoms with E-state index in [1.807, 2.05) is 19.9 Å². The van der Waals surface area contributed by atoms with E-state index in [0.29, 0.717) is 23.5 Å². The van der Waals surface area contributed by atoms with Crippen LogP contribution in [0, 0.1) is 19.7 Å². The topological polar surface area (TPSA) is 62.6 Å². The maximum absolute atomic E-state index is 14.7. The molecule has 0 spiro atoms. The molecule has 148 valence electrons. The number of furan rings is 1. The minimum Gasteiger partial charge on any atom is -0.459 e. The van der Waals surface area contributed by atoms with Gasteiger partial charge in [0.1, 0.15) is 5.82 Å². The van der Waals surface area contributed by atoms with E-state index in [9.17, 15) is 14.0 Å². The molecule has 1 aromatic heterocycles. The minimum atomic E-state index is -0.396. The summed E-state index contributed by atoms with van der Waals surface area (Å²) in [6.45, 7) is 4.14. The Bertz CT molecular complexity index is 1090. The number of hydrogen-bond donors (Lipinski definition) is 1. The number of anilines is 2. The first kappa shape index (κ1) is 18.9. The van der Waals surface area contributed by atoms with Gasteiger partial charge in [0, 0.05) is 17.8 Å². The number of carbonyl (C=O) groups excluding carboxylic acids is 2. The maximum Gasteiger partial charge on any atom is 0.291 e. The number of amides is 2. The lowest BCUT2D eigenvalue weighted by molar-refractivity contribution is 0.0979. The highest BCUT2D eigenvalue weighted by Gasteiger charge is 2.27. The van der Waals surface area contributed by atoms with E-state index < -0.39 is 5.91 Å². The van der Waals surface area contributed by atoms with Crippen LogP contribution in [0.5, 0.6) is 0 Å². The molecule has 6 heteroatoms. The molecule has 0 aliphatic carbocycles. The summed E-state index contributed by atoms with van der Waals surface area (Å²) in [6.07, 6.45) is 2.94. The van der Waals surface area contributed by atoms with Gasteiger partial charge in [-0.25, -0.2) is 4.39 Å². The van der Waals surface area contributed by atoms with Gasteiger partial charge in [-0.15, -0.1) is 0 Å². The maximum atomic E-state index is 14.7. The second-order valence-electron chi connectivity index (χ2n) is 7.28. The monoisotopic (exact) mass is 392 g/mol. The summed E-state index contributed by atoms with van der Waals surface area (Å²) < 4.78 is 19.8. The van der Waals surface area contributed by atoms with Gasteiger partial charge in [-0.05, 0) is 73.7 Å². The van der Waals surface area contributed by atoms with E-state index in [-0.39, 0.29) is 17.5 Å². The molecule has 2 heterocycles. The van der Waals surface area contributed by atoms with E-state index >= 15 is 0 Å². The van der Waals surface area contributed by atoms with Crippen molar-refractivity contribution in [3.05, 3.63) is 82.6 Å². The largest absolute Gasteiger partial charge is 0.459 e. The smallest absolute Gasteiger partial charge is 0.291 e. The molecule has 3 aromatic rings. The number of rotatable bonds is 3. The predicted octanol–water partition coefficient (Wildman–Crippen LogP) is 4.88. The lowest BCUT2D eigenvalue weighted by Gasteiger charge is -2.30. The predicted molar refractivity (Wildman–Crippen MR) is 109 cm³/mol. The highest BCUT2D eigenvalue weighted by atomic mass is 19.1. The zero-order valence-electron chi connectivity index (χ0n) is 16.3. The molecule has 2 aromatic carbocycles. The number of aryl methyl sites for hydroxylation is 3. The number of fused-ring (bicyclic) bond motifs is 1. The third-order valence-corrected chi connectivity index (χ3v) is 5.11. The van der Waals surface area contributed by atoms with Gasteiger partial charge in [-0.3, -0.25) is 9.59 Å². The quantitative estimate of drug-likeness (QED) is 0.691. The van der Waals surface area contributed by atoms with Crippen LogP contribution in [0.25, 0.3) is 0 Å². The molecule has 0 fully saturated rings. The first-order valence-electron chi connectivity index (χ1n) is 9.50. The number of nitrogens with zero attached hydrogens (tertiary/aromatic N) is 1. The molecule has 0 saturated carbocycles. The van der Waals surface area contributed by atoms with Crippen LogP contribution in [0.15, 0.2) is 53.1 Å². The van der Waals surface area contributed by atoms with Gasteiger partial charge in [0.15, 0.2) is 5.76 Å². The Labute approximate surface area is 168 Å². The molecule has 5 nitrogen and oxygen atoms in total. The van der Waals surface area contributed by atoms with E-state index in [4.69, 9.17) is 4.42 Å². The van der Waals surface area contributed by atoms with Crippen molar-refractivity contribution in [2.24, 2.45) is 0 Å². The number of halogens is 1. The Morgan fingerprint density at radius 2 is 1.97 bits per heavy atom. The Kier molecular flexibility index (Phi) is 4.92. The lowest BCUT2D eigenvalue weighted by atomic mass is 9.98. The van der Waals surface area contributed by atoms with Crippen molar-refractivity contribution in [1.82, 2.24) is 0 Å². The molecule has 29 heavy (non-hydrogen) atoms. The molecular weight excluding hydrogens is 371 g/mol. The molecule has 0 unspecified atom stereocenters. The third kappa shape index (κ3) is 3.66. The van der Waals surface area contributed by atoms with E-state index in [0.717, 1.165) is 29.5 Å². The second-order valence-corrected chi connectivity index (χ2v) is 7.28.